The highest BCUT2D eigenvalue weighted by molar-refractivity contribution is 5.75. The van der Waals surface area contributed by atoms with Crippen molar-refractivity contribution in [3.05, 3.63) is 23.8 Å². The number of benzene rings is 1. The molecular weight excluding hydrogens is 222 g/mol. The Hall–Kier alpha value is -1.75. The van der Waals surface area contributed by atoms with E-state index in [-0.39, 0.29) is 5.92 Å². The van der Waals surface area contributed by atoms with E-state index < -0.39 is 12.0 Å². The van der Waals surface area contributed by atoms with Gasteiger partial charge in [0.2, 0.25) is 0 Å². The van der Waals surface area contributed by atoms with Crippen LogP contribution in [0.4, 0.5) is 0 Å². The molecule has 2 atom stereocenters. The van der Waals surface area contributed by atoms with Crippen LogP contribution < -0.4 is 15.2 Å². The van der Waals surface area contributed by atoms with Crippen molar-refractivity contribution in [3.8, 4) is 11.5 Å². The SMILES string of the molecule is COc1ccc2c(c1)C(C(N)C(=O)O)CCO2. The van der Waals surface area contributed by atoms with E-state index in [1.165, 1.54) is 0 Å². The van der Waals surface area contributed by atoms with Gasteiger partial charge < -0.3 is 20.3 Å². The van der Waals surface area contributed by atoms with E-state index >= 15 is 0 Å². The first-order chi connectivity index (χ1) is 8.13. The normalized spacial score (nSPS) is 20.0. The van der Waals surface area contributed by atoms with E-state index in [0.717, 1.165) is 5.56 Å². The van der Waals surface area contributed by atoms with Crippen molar-refractivity contribution < 1.29 is 19.4 Å². The predicted molar refractivity (Wildman–Crippen MR) is 61.5 cm³/mol. The first-order valence-electron chi connectivity index (χ1n) is 5.42. The monoisotopic (exact) mass is 237 g/mol. The van der Waals surface area contributed by atoms with Gasteiger partial charge in [-0.05, 0) is 24.6 Å². The van der Waals surface area contributed by atoms with Crippen LogP contribution in [-0.2, 0) is 4.79 Å². The topological polar surface area (TPSA) is 81.8 Å². The largest absolute Gasteiger partial charge is 0.497 e. The number of rotatable bonds is 3. The standard InChI is InChI=1S/C12H15NO4/c1-16-7-2-3-10-9(6-7)8(4-5-17-10)11(13)12(14)15/h2-3,6,8,11H,4-5,13H2,1H3,(H,14,15). The van der Waals surface area contributed by atoms with E-state index in [2.05, 4.69) is 0 Å². The lowest BCUT2D eigenvalue weighted by Crippen LogP contribution is -2.38. The molecular formula is C12H15NO4. The highest BCUT2D eigenvalue weighted by atomic mass is 16.5. The van der Waals surface area contributed by atoms with Gasteiger partial charge in [-0.25, -0.2) is 0 Å². The number of carboxylic acid groups (broad SMARTS) is 1. The summed E-state index contributed by atoms with van der Waals surface area (Å²) in [5.41, 5.74) is 6.51. The zero-order valence-electron chi connectivity index (χ0n) is 9.55. The van der Waals surface area contributed by atoms with E-state index in [1.807, 2.05) is 0 Å². The average molecular weight is 237 g/mol. The van der Waals surface area contributed by atoms with Crippen LogP contribution in [0.25, 0.3) is 0 Å². The van der Waals surface area contributed by atoms with Crippen LogP contribution in [-0.4, -0.2) is 30.8 Å². The fraction of sp³-hybridized carbons (Fsp3) is 0.417. The van der Waals surface area contributed by atoms with Gasteiger partial charge in [0, 0.05) is 11.5 Å². The molecule has 1 aliphatic rings. The molecule has 92 valence electrons. The molecule has 0 aromatic heterocycles. The zero-order chi connectivity index (χ0) is 12.4. The Labute approximate surface area is 99.1 Å². The lowest BCUT2D eigenvalue weighted by Gasteiger charge is -2.28. The number of methoxy groups -OCH3 is 1. The fourth-order valence-corrected chi connectivity index (χ4v) is 2.07. The van der Waals surface area contributed by atoms with Crippen molar-refractivity contribution >= 4 is 5.97 Å². The molecule has 1 aromatic carbocycles. The van der Waals surface area contributed by atoms with Crippen molar-refractivity contribution in [3.63, 3.8) is 0 Å². The van der Waals surface area contributed by atoms with Crippen LogP contribution in [0.15, 0.2) is 18.2 Å². The summed E-state index contributed by atoms with van der Waals surface area (Å²) in [6.45, 7) is 0.491. The van der Waals surface area contributed by atoms with Gasteiger partial charge in [0.05, 0.1) is 13.7 Å². The number of nitrogens with two attached hydrogens (primary N) is 1. The van der Waals surface area contributed by atoms with Gasteiger partial charge in [0.25, 0.3) is 0 Å². The average Bonchev–Trinajstić information content (AvgIpc) is 2.36. The van der Waals surface area contributed by atoms with Gasteiger partial charge in [0.15, 0.2) is 0 Å². The molecule has 2 rings (SSSR count). The number of fused-ring (bicyclic) bond motifs is 1. The number of aliphatic carboxylic acids is 1. The zero-order valence-corrected chi connectivity index (χ0v) is 9.55. The molecule has 1 aliphatic heterocycles. The van der Waals surface area contributed by atoms with E-state index in [4.69, 9.17) is 20.3 Å². The van der Waals surface area contributed by atoms with Crippen molar-refractivity contribution in [2.24, 2.45) is 5.73 Å². The maximum atomic E-state index is 11.0. The third-order valence-electron chi connectivity index (χ3n) is 3.02. The smallest absolute Gasteiger partial charge is 0.321 e. The highest BCUT2D eigenvalue weighted by Crippen LogP contribution is 2.37. The fourth-order valence-electron chi connectivity index (χ4n) is 2.07. The second-order valence-corrected chi connectivity index (χ2v) is 4.01. The Morgan fingerprint density at radius 2 is 2.41 bits per heavy atom. The van der Waals surface area contributed by atoms with Crippen molar-refractivity contribution in [2.45, 2.75) is 18.4 Å². The molecule has 0 radical (unpaired) electrons. The summed E-state index contributed by atoms with van der Waals surface area (Å²) >= 11 is 0. The molecule has 0 amide bonds. The molecule has 1 heterocycles. The van der Waals surface area contributed by atoms with Crippen LogP contribution in [0.1, 0.15) is 17.9 Å². The summed E-state index contributed by atoms with van der Waals surface area (Å²) in [4.78, 5) is 11.0. The summed E-state index contributed by atoms with van der Waals surface area (Å²) in [6, 6.07) is 4.45. The maximum Gasteiger partial charge on any atom is 0.321 e. The third-order valence-corrected chi connectivity index (χ3v) is 3.02. The summed E-state index contributed by atoms with van der Waals surface area (Å²) < 4.78 is 10.6. The van der Waals surface area contributed by atoms with Crippen LogP contribution in [0.5, 0.6) is 11.5 Å². The van der Waals surface area contributed by atoms with Crippen molar-refractivity contribution in [2.75, 3.05) is 13.7 Å². The molecule has 5 nitrogen and oxygen atoms in total. The molecule has 0 saturated carbocycles. The maximum absolute atomic E-state index is 11.0. The molecule has 2 unspecified atom stereocenters. The number of carbonyl (C=O) groups is 1. The molecule has 0 aliphatic carbocycles. The quantitative estimate of drug-likeness (QED) is 0.818. The summed E-state index contributed by atoms with van der Waals surface area (Å²) in [5, 5.41) is 8.99. The Balaban J connectivity index is 2.38. The summed E-state index contributed by atoms with van der Waals surface area (Å²) in [6.07, 6.45) is 0.605. The highest BCUT2D eigenvalue weighted by Gasteiger charge is 2.31. The predicted octanol–water partition coefficient (Wildman–Crippen LogP) is 0.973. The van der Waals surface area contributed by atoms with Crippen LogP contribution in [0.3, 0.4) is 0 Å². The Kier molecular flexibility index (Phi) is 3.19. The minimum atomic E-state index is -0.995. The minimum Gasteiger partial charge on any atom is -0.497 e. The third kappa shape index (κ3) is 2.19. The molecule has 0 fully saturated rings. The lowest BCUT2D eigenvalue weighted by molar-refractivity contribution is -0.139. The molecule has 1 aromatic rings. The molecule has 0 spiro atoms. The van der Waals surface area contributed by atoms with E-state index in [9.17, 15) is 4.79 Å². The van der Waals surface area contributed by atoms with Gasteiger partial charge in [-0.15, -0.1) is 0 Å². The number of ether oxygens (including phenoxy) is 2. The molecule has 5 heteroatoms. The first-order valence-corrected chi connectivity index (χ1v) is 5.42. The number of hydrogen-bond acceptors (Lipinski definition) is 4. The minimum absolute atomic E-state index is 0.230. The molecule has 0 bridgehead atoms. The number of hydrogen-bond donors (Lipinski definition) is 2. The van der Waals surface area contributed by atoms with Gasteiger partial charge in [-0.3, -0.25) is 4.79 Å². The number of carboxylic acids is 1. The first kappa shape index (κ1) is 11.7. The lowest BCUT2D eigenvalue weighted by atomic mass is 9.87. The Bertz CT molecular complexity index is 433. The Morgan fingerprint density at radius 3 is 3.06 bits per heavy atom. The molecule has 0 saturated heterocycles. The van der Waals surface area contributed by atoms with Crippen LogP contribution in [0, 0.1) is 0 Å². The Morgan fingerprint density at radius 1 is 1.65 bits per heavy atom. The second-order valence-electron chi connectivity index (χ2n) is 4.01. The van der Waals surface area contributed by atoms with E-state index in [1.54, 1.807) is 25.3 Å². The van der Waals surface area contributed by atoms with Gasteiger partial charge in [-0.2, -0.15) is 0 Å². The second kappa shape index (κ2) is 4.63. The summed E-state index contributed by atoms with van der Waals surface area (Å²) in [5.74, 6) is 0.146. The van der Waals surface area contributed by atoms with Crippen LogP contribution >= 0.6 is 0 Å². The molecule has 17 heavy (non-hydrogen) atoms. The van der Waals surface area contributed by atoms with Crippen LogP contribution in [0.2, 0.25) is 0 Å². The van der Waals surface area contributed by atoms with Gasteiger partial charge in [0.1, 0.15) is 17.5 Å². The van der Waals surface area contributed by atoms with Gasteiger partial charge >= 0.3 is 5.97 Å². The molecule has 3 N–H and O–H groups in total. The summed E-state index contributed by atoms with van der Waals surface area (Å²) in [7, 11) is 1.57. The van der Waals surface area contributed by atoms with Crippen molar-refractivity contribution in [1.29, 1.82) is 0 Å². The van der Waals surface area contributed by atoms with Gasteiger partial charge in [-0.1, -0.05) is 0 Å². The van der Waals surface area contributed by atoms with Crippen molar-refractivity contribution in [1.82, 2.24) is 0 Å². The van der Waals surface area contributed by atoms with E-state index in [0.29, 0.717) is 24.5 Å².